The van der Waals surface area contributed by atoms with Gasteiger partial charge in [-0.15, -0.1) is 0 Å². The van der Waals surface area contributed by atoms with Gasteiger partial charge in [-0.05, 0) is 26.0 Å². The first-order valence-electron chi connectivity index (χ1n) is 8.80. The lowest BCUT2D eigenvalue weighted by Crippen LogP contribution is -2.34. The molecule has 0 bridgehead atoms. The van der Waals surface area contributed by atoms with E-state index in [0.29, 0.717) is 0 Å². The summed E-state index contributed by atoms with van der Waals surface area (Å²) in [6.07, 6.45) is 0. The van der Waals surface area contributed by atoms with Crippen molar-refractivity contribution in [2.24, 2.45) is 0 Å². The fraction of sp³-hybridized carbons (Fsp3) is 0.136. The summed E-state index contributed by atoms with van der Waals surface area (Å²) in [6, 6.07) is 22.3. The monoisotopic (exact) mass is 343 g/mol. The molecule has 0 saturated carbocycles. The number of aromatic amines is 1. The van der Waals surface area contributed by atoms with Gasteiger partial charge < -0.3 is 15.6 Å². The van der Waals surface area contributed by atoms with Gasteiger partial charge in [0.1, 0.15) is 0 Å². The lowest BCUT2D eigenvalue weighted by molar-refractivity contribution is 0.250. The molecular formula is C22H21N3O. The fourth-order valence-corrected chi connectivity index (χ4v) is 3.35. The molecule has 1 heterocycles. The maximum atomic E-state index is 12.2. The van der Waals surface area contributed by atoms with Crippen LogP contribution in [0.25, 0.3) is 32.9 Å². The lowest BCUT2D eigenvalue weighted by Gasteiger charge is -2.14. The van der Waals surface area contributed by atoms with E-state index in [2.05, 4.69) is 45.9 Å². The maximum absolute atomic E-state index is 12.2. The topological polar surface area (TPSA) is 56.9 Å². The van der Waals surface area contributed by atoms with Gasteiger partial charge in [0.25, 0.3) is 0 Å². The molecule has 3 N–H and O–H groups in total. The summed E-state index contributed by atoms with van der Waals surface area (Å²) >= 11 is 0. The Morgan fingerprint density at radius 1 is 0.846 bits per heavy atom. The fourth-order valence-electron chi connectivity index (χ4n) is 3.35. The number of anilines is 1. The molecule has 3 aromatic carbocycles. The highest BCUT2D eigenvalue weighted by molar-refractivity contribution is 6.13. The van der Waals surface area contributed by atoms with E-state index in [1.54, 1.807) is 0 Å². The molecule has 4 aromatic rings. The third-order valence-electron chi connectivity index (χ3n) is 4.43. The summed E-state index contributed by atoms with van der Waals surface area (Å²) in [7, 11) is 0. The van der Waals surface area contributed by atoms with Crippen LogP contribution in [-0.4, -0.2) is 17.1 Å². The van der Waals surface area contributed by atoms with Gasteiger partial charge in [0.2, 0.25) is 0 Å². The molecule has 130 valence electrons. The molecule has 4 nitrogen and oxygen atoms in total. The van der Waals surface area contributed by atoms with Crippen LogP contribution >= 0.6 is 0 Å². The molecular weight excluding hydrogens is 322 g/mol. The number of rotatable bonds is 3. The number of benzene rings is 3. The van der Waals surface area contributed by atoms with Crippen molar-refractivity contribution in [3.05, 3.63) is 66.7 Å². The molecule has 0 radical (unpaired) electrons. The van der Waals surface area contributed by atoms with Crippen molar-refractivity contribution in [3.8, 4) is 11.1 Å². The molecule has 4 rings (SSSR count). The van der Waals surface area contributed by atoms with Crippen LogP contribution < -0.4 is 10.6 Å². The van der Waals surface area contributed by atoms with Crippen molar-refractivity contribution < 1.29 is 4.79 Å². The van der Waals surface area contributed by atoms with Crippen LogP contribution in [0.1, 0.15) is 13.8 Å². The van der Waals surface area contributed by atoms with Gasteiger partial charge in [0.05, 0.1) is 11.2 Å². The molecule has 0 aliphatic rings. The minimum absolute atomic E-state index is 0.0827. The van der Waals surface area contributed by atoms with E-state index in [9.17, 15) is 4.79 Å². The predicted octanol–water partition coefficient (Wildman–Crippen LogP) is 5.52. The molecule has 0 unspecified atom stereocenters. The number of carbonyl (C=O) groups is 1. The minimum Gasteiger partial charge on any atom is -0.354 e. The van der Waals surface area contributed by atoms with Crippen LogP contribution in [0.3, 0.4) is 0 Å². The van der Waals surface area contributed by atoms with Crippen LogP contribution in [0, 0.1) is 0 Å². The normalized spacial score (nSPS) is 11.2. The van der Waals surface area contributed by atoms with E-state index in [1.807, 2.05) is 50.2 Å². The number of nitrogens with one attached hydrogen (secondary N) is 3. The molecule has 0 aliphatic carbocycles. The number of hydrogen-bond donors (Lipinski definition) is 3. The lowest BCUT2D eigenvalue weighted by atomic mass is 10.0. The largest absolute Gasteiger partial charge is 0.354 e. The molecule has 0 atom stereocenters. The van der Waals surface area contributed by atoms with Crippen molar-refractivity contribution in [2.75, 3.05) is 5.32 Å². The first-order chi connectivity index (χ1) is 12.6. The molecule has 0 fully saturated rings. The zero-order chi connectivity index (χ0) is 18.1. The second kappa shape index (κ2) is 6.56. The highest BCUT2D eigenvalue weighted by Crippen LogP contribution is 2.36. The number of carbonyl (C=O) groups excluding carboxylic acids is 1. The van der Waals surface area contributed by atoms with Crippen molar-refractivity contribution in [1.29, 1.82) is 0 Å². The van der Waals surface area contributed by atoms with E-state index in [0.717, 1.165) is 27.8 Å². The van der Waals surface area contributed by atoms with Crippen molar-refractivity contribution in [2.45, 2.75) is 19.9 Å². The van der Waals surface area contributed by atoms with Crippen LogP contribution in [0.5, 0.6) is 0 Å². The van der Waals surface area contributed by atoms with E-state index in [4.69, 9.17) is 0 Å². The summed E-state index contributed by atoms with van der Waals surface area (Å²) in [5, 5.41) is 8.23. The summed E-state index contributed by atoms with van der Waals surface area (Å²) in [6.45, 7) is 3.88. The Labute approximate surface area is 152 Å². The number of para-hydroxylation sites is 3. The molecule has 4 heteroatoms. The van der Waals surface area contributed by atoms with Crippen molar-refractivity contribution in [3.63, 3.8) is 0 Å². The third-order valence-corrected chi connectivity index (χ3v) is 4.43. The zero-order valence-corrected chi connectivity index (χ0v) is 14.8. The van der Waals surface area contributed by atoms with Gasteiger partial charge in [-0.25, -0.2) is 4.79 Å². The van der Waals surface area contributed by atoms with Crippen LogP contribution in [-0.2, 0) is 0 Å². The van der Waals surface area contributed by atoms with Crippen molar-refractivity contribution in [1.82, 2.24) is 10.3 Å². The minimum atomic E-state index is -0.198. The standard InChI is InChI=1S/C22H21N3O/c1-14(2)23-22(26)25-20-13-6-4-9-16(20)18-11-7-10-17-15-8-3-5-12-19(15)24-21(17)18/h3-14,24H,1-2H3,(H2,23,25,26). The highest BCUT2D eigenvalue weighted by Gasteiger charge is 2.13. The molecule has 0 spiro atoms. The first kappa shape index (κ1) is 16.2. The number of hydrogen-bond acceptors (Lipinski definition) is 1. The van der Waals surface area contributed by atoms with Gasteiger partial charge in [0, 0.05) is 33.5 Å². The van der Waals surface area contributed by atoms with Crippen LogP contribution in [0.15, 0.2) is 66.7 Å². The SMILES string of the molecule is CC(C)NC(=O)Nc1ccccc1-c1cccc2c1[nH]c1ccccc12. The third kappa shape index (κ3) is 2.90. The Hall–Kier alpha value is -3.27. The van der Waals surface area contributed by atoms with Gasteiger partial charge in [-0.2, -0.15) is 0 Å². The van der Waals surface area contributed by atoms with Gasteiger partial charge >= 0.3 is 6.03 Å². The second-order valence-electron chi connectivity index (χ2n) is 6.70. The Bertz CT molecular complexity index is 1090. The quantitative estimate of drug-likeness (QED) is 0.451. The molecule has 0 saturated heterocycles. The van der Waals surface area contributed by atoms with Crippen LogP contribution in [0.4, 0.5) is 10.5 Å². The van der Waals surface area contributed by atoms with Crippen molar-refractivity contribution >= 4 is 33.5 Å². The Morgan fingerprint density at radius 2 is 1.54 bits per heavy atom. The summed E-state index contributed by atoms with van der Waals surface area (Å²) < 4.78 is 0. The number of urea groups is 1. The summed E-state index contributed by atoms with van der Waals surface area (Å²) in [4.78, 5) is 15.7. The van der Waals surface area contributed by atoms with E-state index in [1.165, 1.54) is 10.8 Å². The van der Waals surface area contributed by atoms with Gasteiger partial charge in [-0.3, -0.25) is 0 Å². The molecule has 0 aliphatic heterocycles. The maximum Gasteiger partial charge on any atom is 0.319 e. The number of aromatic nitrogens is 1. The van der Waals surface area contributed by atoms with E-state index < -0.39 is 0 Å². The Morgan fingerprint density at radius 3 is 2.38 bits per heavy atom. The average molecular weight is 343 g/mol. The molecule has 26 heavy (non-hydrogen) atoms. The first-order valence-corrected chi connectivity index (χ1v) is 8.80. The summed E-state index contributed by atoms with van der Waals surface area (Å²) in [5.41, 5.74) is 5.03. The predicted molar refractivity (Wildman–Crippen MR) is 109 cm³/mol. The second-order valence-corrected chi connectivity index (χ2v) is 6.70. The van der Waals surface area contributed by atoms with Crippen LogP contribution in [0.2, 0.25) is 0 Å². The highest BCUT2D eigenvalue weighted by atomic mass is 16.2. The van der Waals surface area contributed by atoms with Gasteiger partial charge in [0.15, 0.2) is 0 Å². The van der Waals surface area contributed by atoms with Gasteiger partial charge in [-0.1, -0.05) is 54.6 Å². The Balaban J connectivity index is 1.85. The smallest absolute Gasteiger partial charge is 0.319 e. The average Bonchev–Trinajstić information content (AvgIpc) is 3.00. The van der Waals surface area contributed by atoms with E-state index >= 15 is 0 Å². The molecule has 2 amide bonds. The van der Waals surface area contributed by atoms with E-state index in [-0.39, 0.29) is 12.1 Å². The summed E-state index contributed by atoms with van der Waals surface area (Å²) in [5.74, 6) is 0. The number of H-pyrrole nitrogens is 1. The zero-order valence-electron chi connectivity index (χ0n) is 14.8. The Kier molecular flexibility index (Phi) is 4.09. The number of amides is 2. The molecule has 1 aromatic heterocycles. The number of fused-ring (bicyclic) bond motifs is 3.